The van der Waals surface area contributed by atoms with E-state index in [2.05, 4.69) is 5.32 Å². The van der Waals surface area contributed by atoms with Crippen LogP contribution in [-0.4, -0.2) is 38.8 Å². The first-order chi connectivity index (χ1) is 15.8. The van der Waals surface area contributed by atoms with E-state index in [1.807, 2.05) is 80.5 Å². The number of carbonyl (C=O) groups excluding carboxylic acids is 1. The fourth-order valence-corrected chi connectivity index (χ4v) is 5.78. The van der Waals surface area contributed by atoms with Crippen molar-refractivity contribution in [3.8, 4) is 0 Å². The number of rotatable bonds is 6. The fourth-order valence-electron chi connectivity index (χ4n) is 4.11. The molecule has 172 valence electrons. The van der Waals surface area contributed by atoms with E-state index in [-0.39, 0.29) is 17.3 Å². The average molecular weight is 464 g/mol. The number of anilines is 1. The number of sulfonamides is 1. The molecule has 0 spiro atoms. The molecule has 1 aliphatic rings. The number of aryl methyl sites for hydroxylation is 1. The molecule has 1 heterocycles. The van der Waals surface area contributed by atoms with Gasteiger partial charge in [0.1, 0.15) is 6.04 Å². The summed E-state index contributed by atoms with van der Waals surface area (Å²) in [4.78, 5) is 15.5. The molecule has 1 atom stereocenters. The Morgan fingerprint density at radius 1 is 1.00 bits per heavy atom. The summed E-state index contributed by atoms with van der Waals surface area (Å²) < 4.78 is 28.5. The molecular formula is C26H29N3O3S. The first-order valence-electron chi connectivity index (χ1n) is 10.9. The van der Waals surface area contributed by atoms with E-state index in [9.17, 15) is 13.2 Å². The van der Waals surface area contributed by atoms with Gasteiger partial charge in [-0.25, -0.2) is 8.42 Å². The molecule has 0 radical (unpaired) electrons. The number of benzene rings is 3. The van der Waals surface area contributed by atoms with E-state index in [0.29, 0.717) is 13.0 Å². The Balaban J connectivity index is 1.60. The third kappa shape index (κ3) is 4.94. The highest BCUT2D eigenvalue weighted by Crippen LogP contribution is 2.29. The monoisotopic (exact) mass is 463 g/mol. The zero-order valence-electron chi connectivity index (χ0n) is 19.2. The minimum absolute atomic E-state index is 0.169. The van der Waals surface area contributed by atoms with Gasteiger partial charge in [0, 0.05) is 32.9 Å². The normalized spacial score (nSPS) is 16.2. The van der Waals surface area contributed by atoms with E-state index in [0.717, 1.165) is 27.9 Å². The Morgan fingerprint density at radius 2 is 1.70 bits per heavy atom. The van der Waals surface area contributed by atoms with Crippen LogP contribution in [0.25, 0.3) is 0 Å². The Labute approximate surface area is 195 Å². The number of carbonyl (C=O) groups is 1. The van der Waals surface area contributed by atoms with Crippen molar-refractivity contribution in [2.24, 2.45) is 0 Å². The summed E-state index contributed by atoms with van der Waals surface area (Å²) in [5.41, 5.74) is 4.82. The largest absolute Gasteiger partial charge is 0.378 e. The van der Waals surface area contributed by atoms with Crippen LogP contribution in [0.2, 0.25) is 0 Å². The van der Waals surface area contributed by atoms with Gasteiger partial charge in [0.2, 0.25) is 15.9 Å². The van der Waals surface area contributed by atoms with Crippen LogP contribution in [0.4, 0.5) is 5.69 Å². The lowest BCUT2D eigenvalue weighted by Gasteiger charge is -2.35. The van der Waals surface area contributed by atoms with Gasteiger partial charge in [0.25, 0.3) is 0 Å². The van der Waals surface area contributed by atoms with E-state index in [1.165, 1.54) is 4.31 Å². The molecule has 3 aromatic rings. The van der Waals surface area contributed by atoms with Gasteiger partial charge in [-0.3, -0.25) is 4.79 Å². The molecule has 1 N–H and O–H groups in total. The zero-order chi connectivity index (χ0) is 23.6. The average Bonchev–Trinajstić information content (AvgIpc) is 2.82. The Kier molecular flexibility index (Phi) is 6.54. The van der Waals surface area contributed by atoms with Gasteiger partial charge >= 0.3 is 0 Å². The van der Waals surface area contributed by atoms with E-state index in [1.54, 1.807) is 18.2 Å². The number of hydrogen-bond donors (Lipinski definition) is 1. The molecule has 0 saturated carbocycles. The van der Waals surface area contributed by atoms with Gasteiger partial charge < -0.3 is 10.2 Å². The summed E-state index contributed by atoms with van der Waals surface area (Å²) in [6, 6.07) is 21.6. The summed E-state index contributed by atoms with van der Waals surface area (Å²) in [5, 5.41) is 2.95. The van der Waals surface area contributed by atoms with Crippen LogP contribution in [0.15, 0.2) is 77.7 Å². The van der Waals surface area contributed by atoms with Gasteiger partial charge in [0.15, 0.2) is 0 Å². The van der Waals surface area contributed by atoms with Crippen molar-refractivity contribution in [2.75, 3.05) is 19.0 Å². The number of nitrogens with one attached hydrogen (secondary N) is 1. The maximum atomic E-state index is 13.6. The summed E-state index contributed by atoms with van der Waals surface area (Å²) in [6.45, 7) is 2.36. The van der Waals surface area contributed by atoms with Crippen LogP contribution >= 0.6 is 0 Å². The first-order valence-corrected chi connectivity index (χ1v) is 12.4. The van der Waals surface area contributed by atoms with Crippen molar-refractivity contribution in [3.05, 3.63) is 95.1 Å². The van der Waals surface area contributed by atoms with Crippen LogP contribution in [0.3, 0.4) is 0 Å². The molecule has 1 aliphatic heterocycles. The van der Waals surface area contributed by atoms with Gasteiger partial charge in [-0.2, -0.15) is 4.31 Å². The molecule has 3 aromatic carbocycles. The second-order valence-electron chi connectivity index (χ2n) is 8.63. The molecule has 33 heavy (non-hydrogen) atoms. The van der Waals surface area contributed by atoms with Crippen molar-refractivity contribution in [1.82, 2.24) is 9.62 Å². The van der Waals surface area contributed by atoms with Crippen LogP contribution in [0.5, 0.6) is 0 Å². The predicted octanol–water partition coefficient (Wildman–Crippen LogP) is 3.49. The Morgan fingerprint density at radius 3 is 2.36 bits per heavy atom. The van der Waals surface area contributed by atoms with E-state index < -0.39 is 16.1 Å². The van der Waals surface area contributed by atoms with Crippen LogP contribution in [-0.2, 0) is 34.3 Å². The third-order valence-corrected chi connectivity index (χ3v) is 7.87. The molecule has 4 rings (SSSR count). The third-order valence-electron chi connectivity index (χ3n) is 6.02. The minimum Gasteiger partial charge on any atom is -0.378 e. The predicted molar refractivity (Wildman–Crippen MR) is 130 cm³/mol. The van der Waals surface area contributed by atoms with Gasteiger partial charge in [-0.1, -0.05) is 48.5 Å². The molecule has 0 aliphatic carbocycles. The smallest absolute Gasteiger partial charge is 0.244 e. The molecule has 0 aromatic heterocycles. The second-order valence-corrected chi connectivity index (χ2v) is 10.5. The molecule has 0 saturated heterocycles. The number of hydrogen-bond acceptors (Lipinski definition) is 4. The topological polar surface area (TPSA) is 69.7 Å². The van der Waals surface area contributed by atoms with Gasteiger partial charge in [-0.05, 0) is 59.9 Å². The lowest BCUT2D eigenvalue weighted by molar-refractivity contribution is -0.125. The molecule has 7 heteroatoms. The van der Waals surface area contributed by atoms with E-state index in [4.69, 9.17) is 0 Å². The van der Waals surface area contributed by atoms with Crippen molar-refractivity contribution in [2.45, 2.75) is 37.4 Å². The van der Waals surface area contributed by atoms with Crippen molar-refractivity contribution >= 4 is 21.6 Å². The molecule has 0 unspecified atom stereocenters. The van der Waals surface area contributed by atoms with Crippen LogP contribution in [0, 0.1) is 6.92 Å². The maximum absolute atomic E-state index is 13.6. The SMILES string of the molecule is Cc1cccc(S(=O)(=O)N2Cc3ccccc3C[C@H]2C(=O)NCc2ccc(N(C)C)cc2)c1. The molecule has 0 fully saturated rings. The highest BCUT2D eigenvalue weighted by atomic mass is 32.2. The lowest BCUT2D eigenvalue weighted by atomic mass is 9.95. The summed E-state index contributed by atoms with van der Waals surface area (Å²) in [7, 11) is 0.0938. The van der Waals surface area contributed by atoms with Gasteiger partial charge in [-0.15, -0.1) is 0 Å². The van der Waals surface area contributed by atoms with Crippen molar-refractivity contribution in [1.29, 1.82) is 0 Å². The molecule has 1 amide bonds. The summed E-state index contributed by atoms with van der Waals surface area (Å²) >= 11 is 0. The highest BCUT2D eigenvalue weighted by molar-refractivity contribution is 7.89. The standard InChI is InChI=1S/C26H29N3O3S/c1-19-7-6-10-24(15-19)33(31,32)29-18-22-9-5-4-8-21(22)16-25(29)26(30)27-17-20-11-13-23(14-12-20)28(2)3/h4-15,25H,16-18H2,1-3H3,(H,27,30)/t25-/m0/s1. The van der Waals surface area contributed by atoms with Crippen LogP contribution in [0.1, 0.15) is 22.3 Å². The van der Waals surface area contributed by atoms with E-state index >= 15 is 0 Å². The van der Waals surface area contributed by atoms with Crippen molar-refractivity contribution < 1.29 is 13.2 Å². The molecule has 6 nitrogen and oxygen atoms in total. The second kappa shape index (κ2) is 9.37. The van der Waals surface area contributed by atoms with Gasteiger partial charge in [0.05, 0.1) is 4.90 Å². The van der Waals surface area contributed by atoms with Crippen molar-refractivity contribution in [3.63, 3.8) is 0 Å². The Bertz CT molecular complexity index is 1250. The summed E-state index contributed by atoms with van der Waals surface area (Å²) in [5.74, 6) is -0.294. The minimum atomic E-state index is -3.85. The first kappa shape index (κ1) is 23.0. The zero-order valence-corrected chi connectivity index (χ0v) is 20.0. The summed E-state index contributed by atoms with van der Waals surface area (Å²) in [6.07, 6.45) is 0.340. The Hall–Kier alpha value is -3.16. The fraction of sp³-hybridized carbons (Fsp3) is 0.269. The molecule has 0 bridgehead atoms. The van der Waals surface area contributed by atoms with Crippen LogP contribution < -0.4 is 10.2 Å². The maximum Gasteiger partial charge on any atom is 0.244 e. The number of fused-ring (bicyclic) bond motifs is 1. The quantitative estimate of drug-likeness (QED) is 0.608. The molecular weight excluding hydrogens is 434 g/mol. The lowest BCUT2D eigenvalue weighted by Crippen LogP contribution is -2.52. The highest BCUT2D eigenvalue weighted by Gasteiger charge is 2.39. The number of nitrogens with zero attached hydrogens (tertiary/aromatic N) is 2. The number of amides is 1.